The highest BCUT2D eigenvalue weighted by atomic mass is 32.2. The number of unbranched alkanes of at least 4 members (excludes halogenated alkanes) is 1. The Hall–Kier alpha value is -3.09. The number of hydrogen-bond acceptors (Lipinski definition) is 4. The van der Waals surface area contributed by atoms with Crippen molar-refractivity contribution < 1.29 is 9.59 Å². The lowest BCUT2D eigenvalue weighted by Gasteiger charge is -2.32. The molecule has 3 aromatic rings. The molecule has 0 spiro atoms. The van der Waals surface area contributed by atoms with Gasteiger partial charge in [-0.3, -0.25) is 14.5 Å². The lowest BCUT2D eigenvalue weighted by atomic mass is 9.82. The summed E-state index contributed by atoms with van der Waals surface area (Å²) in [7, 11) is 0. The Morgan fingerprint density at radius 3 is 2.49 bits per heavy atom. The van der Waals surface area contributed by atoms with E-state index in [-0.39, 0.29) is 11.8 Å². The van der Waals surface area contributed by atoms with Crippen LogP contribution in [0.1, 0.15) is 67.8 Å². The Balaban J connectivity index is 1.06. The third kappa shape index (κ3) is 8.23. The minimum absolute atomic E-state index is 0.00275. The number of carbonyl (C=O) groups excluding carboxylic acids is 2. The first kappa shape index (κ1) is 29.4. The van der Waals surface area contributed by atoms with Crippen molar-refractivity contribution in [2.24, 2.45) is 11.8 Å². The maximum absolute atomic E-state index is 13.2. The first-order valence-electron chi connectivity index (χ1n) is 15.3. The minimum atomic E-state index is 0.00275. The first-order chi connectivity index (χ1) is 20.1. The van der Waals surface area contributed by atoms with Crippen LogP contribution >= 0.6 is 11.8 Å². The molecular weight excluding hydrogens is 526 g/mol. The van der Waals surface area contributed by atoms with Crippen LogP contribution < -0.4 is 10.2 Å². The van der Waals surface area contributed by atoms with Crippen LogP contribution in [0, 0.1) is 11.8 Å². The Morgan fingerprint density at radius 2 is 1.68 bits per heavy atom. The van der Waals surface area contributed by atoms with Gasteiger partial charge in [-0.25, -0.2) is 0 Å². The first-order valence-corrected chi connectivity index (χ1v) is 16.3. The van der Waals surface area contributed by atoms with E-state index in [2.05, 4.69) is 47.5 Å². The standard InChI is InChI=1S/C35H43N3O2S/c1-27-20-22-37(26-28-11-4-2-5-12-28)21-10-16-29(27)13-8-9-17-34(39)36-31-18-19-33-32(25-31)38(23-24-41-33)35(40)30-14-6-3-7-15-30/h2-7,11-12,14-15,18-19,25,27,29H,8-10,13,16-17,20-24,26H2,1H3,(H,36,39). The summed E-state index contributed by atoms with van der Waals surface area (Å²) in [5, 5.41) is 3.09. The zero-order valence-electron chi connectivity index (χ0n) is 24.3. The predicted octanol–water partition coefficient (Wildman–Crippen LogP) is 7.88. The van der Waals surface area contributed by atoms with Gasteiger partial charge in [0.25, 0.3) is 5.91 Å². The molecule has 0 aliphatic carbocycles. The second-order valence-corrected chi connectivity index (χ2v) is 12.7. The summed E-state index contributed by atoms with van der Waals surface area (Å²) in [6.45, 7) is 6.48. The van der Waals surface area contributed by atoms with Crippen molar-refractivity contribution in [3.63, 3.8) is 0 Å². The second kappa shape index (κ2) is 14.7. The van der Waals surface area contributed by atoms with Crippen molar-refractivity contribution in [1.82, 2.24) is 4.90 Å². The van der Waals surface area contributed by atoms with E-state index < -0.39 is 0 Å². The Kier molecular flexibility index (Phi) is 10.5. The summed E-state index contributed by atoms with van der Waals surface area (Å²) in [4.78, 5) is 31.5. The molecule has 41 heavy (non-hydrogen) atoms. The summed E-state index contributed by atoms with van der Waals surface area (Å²) >= 11 is 1.76. The van der Waals surface area contributed by atoms with Crippen molar-refractivity contribution in [3.05, 3.63) is 90.0 Å². The Morgan fingerprint density at radius 1 is 0.902 bits per heavy atom. The summed E-state index contributed by atoms with van der Waals surface area (Å²) < 4.78 is 0. The molecule has 216 valence electrons. The highest BCUT2D eigenvalue weighted by Gasteiger charge is 2.25. The van der Waals surface area contributed by atoms with E-state index in [1.807, 2.05) is 53.4 Å². The third-order valence-electron chi connectivity index (χ3n) is 8.60. The lowest BCUT2D eigenvalue weighted by Crippen LogP contribution is -2.35. The van der Waals surface area contributed by atoms with Gasteiger partial charge in [-0.1, -0.05) is 68.3 Å². The van der Waals surface area contributed by atoms with Gasteiger partial charge in [0.05, 0.1) is 5.69 Å². The summed E-state index contributed by atoms with van der Waals surface area (Å²) in [6.07, 6.45) is 7.53. The zero-order chi connectivity index (χ0) is 28.4. The topological polar surface area (TPSA) is 52.7 Å². The maximum Gasteiger partial charge on any atom is 0.258 e. The number of nitrogens with zero attached hydrogens (tertiary/aromatic N) is 2. The van der Waals surface area contributed by atoms with Crippen LogP contribution in [0.4, 0.5) is 11.4 Å². The van der Waals surface area contributed by atoms with Crippen molar-refractivity contribution in [2.45, 2.75) is 63.3 Å². The lowest BCUT2D eigenvalue weighted by molar-refractivity contribution is -0.116. The highest BCUT2D eigenvalue weighted by molar-refractivity contribution is 7.99. The van der Waals surface area contributed by atoms with E-state index in [0.717, 1.165) is 53.2 Å². The number of nitrogens with one attached hydrogen (secondary N) is 1. The van der Waals surface area contributed by atoms with E-state index in [1.54, 1.807) is 11.8 Å². The largest absolute Gasteiger partial charge is 0.326 e. The fourth-order valence-corrected chi connectivity index (χ4v) is 7.16. The molecule has 0 saturated carbocycles. The van der Waals surface area contributed by atoms with Gasteiger partial charge in [0.1, 0.15) is 0 Å². The molecule has 1 N–H and O–H groups in total. The van der Waals surface area contributed by atoms with Gasteiger partial charge >= 0.3 is 0 Å². The molecule has 0 bridgehead atoms. The highest BCUT2D eigenvalue weighted by Crippen LogP contribution is 2.37. The van der Waals surface area contributed by atoms with Crippen LogP contribution in [0.15, 0.2) is 83.8 Å². The molecule has 2 aliphatic rings. The molecular formula is C35H43N3O2S. The summed E-state index contributed by atoms with van der Waals surface area (Å²) in [5.74, 6) is 2.39. The summed E-state index contributed by atoms with van der Waals surface area (Å²) in [6, 6.07) is 26.2. The third-order valence-corrected chi connectivity index (χ3v) is 9.65. The second-order valence-electron chi connectivity index (χ2n) is 11.6. The van der Waals surface area contributed by atoms with Gasteiger partial charge in [0.2, 0.25) is 5.91 Å². The van der Waals surface area contributed by atoms with Gasteiger partial charge in [0.15, 0.2) is 0 Å². The average molecular weight is 570 g/mol. The smallest absolute Gasteiger partial charge is 0.258 e. The molecule has 2 unspecified atom stereocenters. The molecule has 5 rings (SSSR count). The van der Waals surface area contributed by atoms with Crippen molar-refractivity contribution in [2.75, 3.05) is 35.6 Å². The van der Waals surface area contributed by atoms with E-state index in [0.29, 0.717) is 18.5 Å². The molecule has 2 heterocycles. The van der Waals surface area contributed by atoms with Gasteiger partial charge in [0, 0.05) is 41.4 Å². The van der Waals surface area contributed by atoms with Crippen LogP contribution in [0.3, 0.4) is 0 Å². The fourth-order valence-electron chi connectivity index (χ4n) is 6.18. The van der Waals surface area contributed by atoms with E-state index in [1.165, 1.54) is 44.3 Å². The van der Waals surface area contributed by atoms with Crippen LogP contribution in [0.5, 0.6) is 0 Å². The van der Waals surface area contributed by atoms with Gasteiger partial charge in [-0.15, -0.1) is 11.8 Å². The molecule has 0 aromatic heterocycles. The Labute approximate surface area is 249 Å². The number of hydrogen-bond donors (Lipinski definition) is 1. The number of fused-ring (bicyclic) bond motifs is 1. The van der Waals surface area contributed by atoms with Crippen molar-refractivity contribution >= 4 is 35.0 Å². The number of amides is 2. The molecule has 6 heteroatoms. The number of anilines is 2. The normalized spacial score (nSPS) is 19.6. The van der Waals surface area contributed by atoms with Crippen LogP contribution in [0.25, 0.3) is 0 Å². The molecule has 2 aliphatic heterocycles. The molecule has 0 radical (unpaired) electrons. The monoisotopic (exact) mass is 569 g/mol. The number of carbonyl (C=O) groups is 2. The van der Waals surface area contributed by atoms with E-state index >= 15 is 0 Å². The fraction of sp³-hybridized carbons (Fsp3) is 0.429. The van der Waals surface area contributed by atoms with Gasteiger partial charge < -0.3 is 10.2 Å². The number of likely N-dealkylation sites (tertiary alicyclic amines) is 1. The molecule has 1 fully saturated rings. The van der Waals surface area contributed by atoms with Crippen LogP contribution in [-0.2, 0) is 11.3 Å². The predicted molar refractivity (Wildman–Crippen MR) is 171 cm³/mol. The van der Waals surface area contributed by atoms with Gasteiger partial charge in [-0.05, 0) is 86.5 Å². The molecule has 1 saturated heterocycles. The molecule has 2 amide bonds. The molecule has 3 aromatic carbocycles. The number of thioether (sulfide) groups is 1. The number of benzene rings is 3. The quantitative estimate of drug-likeness (QED) is 0.266. The molecule has 2 atom stereocenters. The molecule has 5 nitrogen and oxygen atoms in total. The van der Waals surface area contributed by atoms with Crippen molar-refractivity contribution in [1.29, 1.82) is 0 Å². The minimum Gasteiger partial charge on any atom is -0.326 e. The number of rotatable bonds is 9. The van der Waals surface area contributed by atoms with E-state index in [4.69, 9.17) is 0 Å². The Bertz CT molecular complexity index is 1280. The van der Waals surface area contributed by atoms with E-state index in [9.17, 15) is 9.59 Å². The van der Waals surface area contributed by atoms with Crippen LogP contribution in [-0.4, -0.2) is 42.1 Å². The average Bonchev–Trinajstić information content (AvgIpc) is 3.00. The van der Waals surface area contributed by atoms with Crippen LogP contribution in [0.2, 0.25) is 0 Å². The van der Waals surface area contributed by atoms with Gasteiger partial charge in [-0.2, -0.15) is 0 Å². The SMILES string of the molecule is CC1CCN(Cc2ccccc2)CCCC1CCCCC(=O)Nc1ccc2c(c1)N(C(=O)c1ccccc1)CCS2. The summed E-state index contributed by atoms with van der Waals surface area (Å²) in [5.41, 5.74) is 3.73. The maximum atomic E-state index is 13.2. The zero-order valence-corrected chi connectivity index (χ0v) is 25.1. The van der Waals surface area contributed by atoms with Crippen molar-refractivity contribution in [3.8, 4) is 0 Å².